The summed E-state index contributed by atoms with van der Waals surface area (Å²) in [6.45, 7) is 0.499. The van der Waals surface area contributed by atoms with Crippen molar-refractivity contribution in [1.29, 1.82) is 0 Å². The van der Waals surface area contributed by atoms with Gasteiger partial charge in [-0.2, -0.15) is 0 Å². The highest BCUT2D eigenvalue weighted by molar-refractivity contribution is 5.94. The molecule has 1 aliphatic heterocycles. The number of aryl methyl sites for hydroxylation is 2. The molecule has 0 radical (unpaired) electrons. The zero-order valence-corrected chi connectivity index (χ0v) is 20.0. The first-order chi connectivity index (χ1) is 18.2. The number of hydrogen-bond acceptors (Lipinski definition) is 7. The highest BCUT2D eigenvalue weighted by Gasteiger charge is 2.39. The fraction of sp³-hybridized carbons (Fsp3) is 0.207. The molecule has 0 saturated heterocycles. The number of fused-ring (bicyclic) bond motifs is 3. The van der Waals surface area contributed by atoms with Crippen LogP contribution in [0.15, 0.2) is 88.0 Å². The van der Waals surface area contributed by atoms with E-state index in [0.29, 0.717) is 31.0 Å². The van der Waals surface area contributed by atoms with Crippen LogP contribution >= 0.6 is 0 Å². The molecule has 8 nitrogen and oxygen atoms in total. The number of aromatic nitrogens is 4. The van der Waals surface area contributed by atoms with Gasteiger partial charge in [-0.15, -0.1) is 10.2 Å². The van der Waals surface area contributed by atoms with Crippen molar-refractivity contribution in [3.63, 3.8) is 0 Å². The zero-order valence-electron chi connectivity index (χ0n) is 20.0. The van der Waals surface area contributed by atoms with Crippen LogP contribution in [0.5, 0.6) is 0 Å². The number of rotatable bonds is 5. The van der Waals surface area contributed by atoms with E-state index in [2.05, 4.69) is 50.5 Å². The van der Waals surface area contributed by atoms with E-state index in [1.807, 2.05) is 23.1 Å². The molecule has 7 rings (SSSR count). The van der Waals surface area contributed by atoms with Gasteiger partial charge >= 0.3 is 0 Å². The van der Waals surface area contributed by atoms with Crippen LogP contribution in [0.3, 0.4) is 0 Å². The molecule has 1 aliphatic carbocycles. The number of carbonyl (C=O) groups excluding carboxylic acids is 1. The van der Waals surface area contributed by atoms with Gasteiger partial charge in [0.15, 0.2) is 5.76 Å². The Balaban J connectivity index is 1.16. The molecule has 0 saturated carbocycles. The molecule has 8 heteroatoms. The predicted molar refractivity (Wildman–Crippen MR) is 135 cm³/mol. The van der Waals surface area contributed by atoms with Crippen LogP contribution in [0, 0.1) is 0 Å². The molecule has 0 N–H and O–H groups in total. The minimum atomic E-state index is -0.350. The zero-order chi connectivity index (χ0) is 24.8. The summed E-state index contributed by atoms with van der Waals surface area (Å²) in [6, 6.07) is 16.1. The van der Waals surface area contributed by atoms with Gasteiger partial charge in [-0.05, 0) is 65.3 Å². The summed E-state index contributed by atoms with van der Waals surface area (Å²) in [7, 11) is 0. The number of nitrogens with zero attached hydrogens (tertiary/aromatic N) is 5. The summed E-state index contributed by atoms with van der Waals surface area (Å²) in [5.74, 6) is 0.648. The van der Waals surface area contributed by atoms with Crippen molar-refractivity contribution in [2.75, 3.05) is 6.54 Å². The third-order valence-corrected chi connectivity index (χ3v) is 7.39. The van der Waals surface area contributed by atoms with Crippen LogP contribution in [0.25, 0.3) is 16.6 Å². The van der Waals surface area contributed by atoms with Gasteiger partial charge in [-0.1, -0.05) is 30.3 Å². The van der Waals surface area contributed by atoms with E-state index >= 15 is 0 Å². The van der Waals surface area contributed by atoms with Crippen molar-refractivity contribution in [3.8, 4) is 0 Å². The van der Waals surface area contributed by atoms with E-state index in [0.717, 1.165) is 35.0 Å². The fourth-order valence-corrected chi connectivity index (χ4v) is 5.58. The molecule has 182 valence electrons. The molecule has 3 aromatic heterocycles. The average Bonchev–Trinajstić information content (AvgIpc) is 3.70. The van der Waals surface area contributed by atoms with E-state index < -0.39 is 0 Å². The molecule has 0 spiro atoms. The van der Waals surface area contributed by atoms with E-state index in [1.165, 1.54) is 28.7 Å². The van der Waals surface area contributed by atoms with Crippen LogP contribution in [0.2, 0.25) is 0 Å². The smallest absolute Gasteiger partial charge is 0.290 e. The lowest BCUT2D eigenvalue weighted by Crippen LogP contribution is -2.39. The number of furan rings is 1. The predicted octanol–water partition coefficient (Wildman–Crippen LogP) is 4.99. The van der Waals surface area contributed by atoms with E-state index in [-0.39, 0.29) is 11.9 Å². The molecule has 1 atom stereocenters. The standard InChI is InChI=1S/C29H23N5O3/c35-29(27-19(9-12-36-27)7-5-18-6-8-24-25(13-18)31-11-10-30-24)34-16-21-14-20-3-1-2-4-22(20)23(21)15-26(34)28-33-32-17-37-28/h1-4,6,8-13,17,26H,5,7,14-16H2/t26-/m1/s1. The Bertz CT molecular complexity index is 1650. The maximum atomic E-state index is 13.9. The molecule has 5 aromatic rings. The average molecular weight is 490 g/mol. The Morgan fingerprint density at radius 1 is 1.00 bits per heavy atom. The monoisotopic (exact) mass is 489 g/mol. The number of carbonyl (C=O) groups is 1. The highest BCUT2D eigenvalue weighted by Crippen LogP contribution is 2.44. The van der Waals surface area contributed by atoms with Crippen LogP contribution in [0.4, 0.5) is 0 Å². The quantitative estimate of drug-likeness (QED) is 0.343. The fourth-order valence-electron chi connectivity index (χ4n) is 5.58. The van der Waals surface area contributed by atoms with Crippen molar-refractivity contribution in [2.24, 2.45) is 0 Å². The van der Waals surface area contributed by atoms with Crippen LogP contribution in [0.1, 0.15) is 51.2 Å². The molecule has 4 heterocycles. The van der Waals surface area contributed by atoms with Crippen LogP contribution in [-0.4, -0.2) is 37.5 Å². The molecular weight excluding hydrogens is 466 g/mol. The van der Waals surface area contributed by atoms with Gasteiger partial charge in [0.25, 0.3) is 5.91 Å². The second kappa shape index (κ2) is 8.81. The minimum Gasteiger partial charge on any atom is -0.459 e. The lowest BCUT2D eigenvalue weighted by Gasteiger charge is -2.34. The Hall–Kier alpha value is -4.59. The highest BCUT2D eigenvalue weighted by atomic mass is 16.4. The molecule has 2 aliphatic rings. The maximum absolute atomic E-state index is 13.9. The molecule has 0 bridgehead atoms. The second-order valence-electron chi connectivity index (χ2n) is 9.50. The lowest BCUT2D eigenvalue weighted by molar-refractivity contribution is 0.0626. The first-order valence-corrected chi connectivity index (χ1v) is 12.4. The van der Waals surface area contributed by atoms with Crippen molar-refractivity contribution in [1.82, 2.24) is 25.1 Å². The third-order valence-electron chi connectivity index (χ3n) is 7.39. The van der Waals surface area contributed by atoms with Gasteiger partial charge in [0, 0.05) is 30.9 Å². The van der Waals surface area contributed by atoms with Crippen molar-refractivity contribution in [3.05, 3.63) is 113 Å². The number of hydrogen-bond donors (Lipinski definition) is 0. The first kappa shape index (κ1) is 21.7. The van der Waals surface area contributed by atoms with Gasteiger partial charge in [-0.25, -0.2) is 0 Å². The van der Waals surface area contributed by atoms with Crippen molar-refractivity contribution in [2.45, 2.75) is 31.7 Å². The van der Waals surface area contributed by atoms with Crippen LogP contribution < -0.4 is 0 Å². The SMILES string of the molecule is O=C(c1occc1CCc1ccc2nccnc2c1)N1CC2=C(C[C@@H]1c1nnco1)c1ccccc1C2. The van der Waals surface area contributed by atoms with Crippen LogP contribution in [-0.2, 0) is 19.3 Å². The van der Waals surface area contributed by atoms with E-state index in [4.69, 9.17) is 8.83 Å². The maximum Gasteiger partial charge on any atom is 0.290 e. The topological polar surface area (TPSA) is 98.2 Å². The number of benzene rings is 2. The van der Waals surface area contributed by atoms with Gasteiger partial charge in [0.1, 0.15) is 6.04 Å². The normalized spacial score (nSPS) is 16.8. The molecule has 2 aromatic carbocycles. The second-order valence-corrected chi connectivity index (χ2v) is 9.50. The molecule has 0 unspecified atom stereocenters. The van der Waals surface area contributed by atoms with Gasteiger partial charge in [0.05, 0.1) is 17.3 Å². The third kappa shape index (κ3) is 3.81. The van der Waals surface area contributed by atoms with Gasteiger partial charge in [-0.3, -0.25) is 14.8 Å². The summed E-state index contributed by atoms with van der Waals surface area (Å²) in [5.41, 5.74) is 8.83. The largest absolute Gasteiger partial charge is 0.459 e. The lowest BCUT2D eigenvalue weighted by atomic mass is 9.92. The van der Waals surface area contributed by atoms with E-state index in [1.54, 1.807) is 18.7 Å². The Morgan fingerprint density at radius 2 is 1.89 bits per heavy atom. The molecule has 37 heavy (non-hydrogen) atoms. The summed E-state index contributed by atoms with van der Waals surface area (Å²) in [5, 5.41) is 8.05. The van der Waals surface area contributed by atoms with Gasteiger partial charge < -0.3 is 13.7 Å². The summed E-state index contributed by atoms with van der Waals surface area (Å²) >= 11 is 0. The summed E-state index contributed by atoms with van der Waals surface area (Å²) in [4.78, 5) is 24.5. The number of amides is 1. The van der Waals surface area contributed by atoms with E-state index in [9.17, 15) is 4.79 Å². The Morgan fingerprint density at radius 3 is 2.78 bits per heavy atom. The Labute approximate surface area is 212 Å². The molecule has 0 fully saturated rings. The van der Waals surface area contributed by atoms with Crippen molar-refractivity contribution < 1.29 is 13.6 Å². The first-order valence-electron chi connectivity index (χ1n) is 12.4. The minimum absolute atomic E-state index is 0.157. The van der Waals surface area contributed by atoms with Crippen molar-refractivity contribution >= 4 is 22.5 Å². The molecular formula is C29H23N5O3. The molecule has 1 amide bonds. The summed E-state index contributed by atoms with van der Waals surface area (Å²) < 4.78 is 11.4. The Kier molecular flexibility index (Phi) is 5.16. The summed E-state index contributed by atoms with van der Waals surface area (Å²) in [6.07, 6.45) is 9.20. The van der Waals surface area contributed by atoms with Gasteiger partial charge in [0.2, 0.25) is 12.3 Å².